The smallest absolute Gasteiger partial charge is 0.337 e. The van der Waals surface area contributed by atoms with E-state index in [1.807, 2.05) is 31.4 Å². The number of carbonyl (C=O) groups is 2. The molecule has 14 heteroatoms. The average molecular weight is 621 g/mol. The Bertz CT molecular complexity index is 1680. The van der Waals surface area contributed by atoms with E-state index in [4.69, 9.17) is 14.2 Å². The lowest BCUT2D eigenvalue weighted by Crippen LogP contribution is -2.45. The molecule has 1 aromatic heterocycles. The fraction of sp³-hybridized carbons (Fsp3) is 0.323. The number of allylic oxidation sites excluding steroid dienone is 1. The molecular weight excluding hydrogens is 584 g/mol. The number of urea groups is 1. The first-order valence-corrected chi connectivity index (χ1v) is 14.1. The van der Waals surface area contributed by atoms with E-state index in [1.54, 1.807) is 44.3 Å². The van der Waals surface area contributed by atoms with Crippen LogP contribution in [0.5, 0.6) is 11.5 Å². The summed E-state index contributed by atoms with van der Waals surface area (Å²) in [6, 6.07) is 10.4. The molecule has 0 fully saturated rings. The van der Waals surface area contributed by atoms with E-state index in [0.29, 0.717) is 29.4 Å². The molecule has 1 aliphatic rings. The highest BCUT2D eigenvalue weighted by Crippen LogP contribution is 2.35. The van der Waals surface area contributed by atoms with Gasteiger partial charge >= 0.3 is 12.0 Å². The Kier molecular flexibility index (Phi) is 10.1. The molecule has 2 heterocycles. The average Bonchev–Trinajstić information content (AvgIpc) is 3.27. The van der Waals surface area contributed by atoms with Crippen molar-refractivity contribution in [3.8, 4) is 17.2 Å². The lowest BCUT2D eigenvalue weighted by atomic mass is 9.95. The third-order valence-electron chi connectivity index (χ3n) is 7.20. The van der Waals surface area contributed by atoms with Crippen LogP contribution in [0.3, 0.4) is 0 Å². The first kappa shape index (κ1) is 32.5. The molecule has 0 radical (unpaired) electrons. The van der Waals surface area contributed by atoms with Crippen LogP contribution in [0.15, 0.2) is 58.8 Å². The van der Waals surface area contributed by atoms with Crippen molar-refractivity contribution in [3.05, 3.63) is 91.9 Å². The number of aromatic nitrogens is 1. The summed E-state index contributed by atoms with van der Waals surface area (Å²) in [5.74, 6) is 0.115. The Morgan fingerprint density at radius 2 is 1.91 bits per heavy atom. The predicted octanol–water partition coefficient (Wildman–Crippen LogP) is 3.83. The fourth-order valence-electron chi connectivity index (χ4n) is 5.11. The van der Waals surface area contributed by atoms with Crippen molar-refractivity contribution in [1.82, 2.24) is 20.6 Å². The standard InChI is InChI=1S/C31H36N6O8/c1-7-44-26-14-21(29-28(30(39)43-6)19(4)33-31(40)34-29)8-11-25(26)45-16-27(38)35-32-15-22-13-18(3)36(20(22)5)24-10-9-23(37(41)42)12-17(24)2/h8-15,27,29,35,38H,7,16H2,1-6H3,(H2,33,34,40)/b32-15-/t27-,29+/m0/s1. The predicted molar refractivity (Wildman–Crippen MR) is 166 cm³/mol. The second kappa shape index (κ2) is 13.9. The van der Waals surface area contributed by atoms with Gasteiger partial charge in [0.15, 0.2) is 17.7 Å². The Hall–Kier alpha value is -5.37. The summed E-state index contributed by atoms with van der Waals surface area (Å²) in [5, 5.41) is 31.1. The van der Waals surface area contributed by atoms with E-state index in [-0.39, 0.29) is 17.9 Å². The van der Waals surface area contributed by atoms with Gasteiger partial charge in [-0.15, -0.1) is 0 Å². The number of esters is 1. The van der Waals surface area contributed by atoms with Gasteiger partial charge in [0.1, 0.15) is 6.61 Å². The van der Waals surface area contributed by atoms with Gasteiger partial charge in [-0.1, -0.05) is 6.07 Å². The minimum Gasteiger partial charge on any atom is -0.490 e. The highest BCUT2D eigenvalue weighted by atomic mass is 16.6. The Morgan fingerprint density at radius 3 is 2.58 bits per heavy atom. The molecule has 0 saturated carbocycles. The van der Waals surface area contributed by atoms with E-state index in [9.17, 15) is 24.8 Å². The number of nitrogens with zero attached hydrogens (tertiary/aromatic N) is 3. The molecule has 2 aromatic carbocycles. The normalized spacial score (nSPS) is 15.4. The van der Waals surface area contributed by atoms with Gasteiger partial charge < -0.3 is 34.5 Å². The lowest BCUT2D eigenvalue weighted by molar-refractivity contribution is -0.384. The number of aliphatic hydroxyl groups excluding tert-OH is 1. The van der Waals surface area contributed by atoms with Crippen molar-refractivity contribution >= 4 is 23.9 Å². The largest absolute Gasteiger partial charge is 0.490 e. The number of nitro groups is 1. The van der Waals surface area contributed by atoms with Gasteiger partial charge in [0.05, 0.1) is 36.5 Å². The molecule has 14 nitrogen and oxygen atoms in total. The zero-order valence-corrected chi connectivity index (χ0v) is 25.8. The molecule has 238 valence electrons. The van der Waals surface area contributed by atoms with Gasteiger partial charge in [0.25, 0.3) is 5.69 Å². The van der Waals surface area contributed by atoms with Crippen LogP contribution in [0.25, 0.3) is 5.69 Å². The van der Waals surface area contributed by atoms with Crippen LogP contribution in [0.1, 0.15) is 48.0 Å². The highest BCUT2D eigenvalue weighted by Gasteiger charge is 2.32. The number of rotatable bonds is 12. The number of hydrazone groups is 1. The molecule has 45 heavy (non-hydrogen) atoms. The molecular formula is C31H36N6O8. The van der Waals surface area contributed by atoms with Gasteiger partial charge in [-0.25, -0.2) is 9.59 Å². The topological polar surface area (TPSA) is 179 Å². The summed E-state index contributed by atoms with van der Waals surface area (Å²) in [6.07, 6.45) is 0.404. The van der Waals surface area contributed by atoms with Gasteiger partial charge in [-0.3, -0.25) is 15.5 Å². The first-order valence-electron chi connectivity index (χ1n) is 14.1. The quantitative estimate of drug-likeness (QED) is 0.0770. The van der Waals surface area contributed by atoms with E-state index >= 15 is 0 Å². The van der Waals surface area contributed by atoms with Gasteiger partial charge in [0.2, 0.25) is 0 Å². The van der Waals surface area contributed by atoms with Gasteiger partial charge in [0, 0.05) is 40.5 Å². The zero-order chi connectivity index (χ0) is 32.8. The Labute approximate surface area is 259 Å². The molecule has 2 atom stereocenters. The van der Waals surface area contributed by atoms with Crippen molar-refractivity contribution in [2.24, 2.45) is 5.10 Å². The number of carbonyl (C=O) groups excluding carboxylic acids is 2. The van der Waals surface area contributed by atoms with Gasteiger partial charge in [-0.2, -0.15) is 5.10 Å². The lowest BCUT2D eigenvalue weighted by Gasteiger charge is -2.28. The summed E-state index contributed by atoms with van der Waals surface area (Å²) in [5.41, 5.74) is 8.04. The van der Waals surface area contributed by atoms with Crippen LogP contribution < -0.4 is 25.5 Å². The van der Waals surface area contributed by atoms with E-state index in [2.05, 4.69) is 21.2 Å². The maximum absolute atomic E-state index is 12.5. The summed E-state index contributed by atoms with van der Waals surface area (Å²) >= 11 is 0. The molecule has 4 N–H and O–H groups in total. The summed E-state index contributed by atoms with van der Waals surface area (Å²) < 4.78 is 18.5. The second-order valence-electron chi connectivity index (χ2n) is 10.3. The van der Waals surface area contributed by atoms with Crippen LogP contribution in [0.2, 0.25) is 0 Å². The number of aliphatic hydroxyl groups is 1. The van der Waals surface area contributed by atoms with E-state index < -0.39 is 29.2 Å². The zero-order valence-electron chi connectivity index (χ0n) is 25.8. The number of amides is 2. The number of nitro benzene ring substituents is 1. The Balaban J connectivity index is 1.44. The third kappa shape index (κ3) is 7.24. The number of non-ortho nitro benzene ring substituents is 1. The number of ether oxygens (including phenoxy) is 3. The summed E-state index contributed by atoms with van der Waals surface area (Å²) in [7, 11) is 1.27. The maximum Gasteiger partial charge on any atom is 0.337 e. The van der Waals surface area contributed by atoms with Crippen molar-refractivity contribution in [1.29, 1.82) is 0 Å². The molecule has 0 unspecified atom stereocenters. The fourth-order valence-corrected chi connectivity index (χ4v) is 5.11. The van der Waals surface area contributed by atoms with Crippen molar-refractivity contribution in [2.45, 2.75) is 46.9 Å². The minimum absolute atomic E-state index is 0.0282. The van der Waals surface area contributed by atoms with Crippen LogP contribution in [0, 0.1) is 30.9 Å². The van der Waals surface area contributed by atoms with Crippen LogP contribution in [0.4, 0.5) is 10.5 Å². The summed E-state index contributed by atoms with van der Waals surface area (Å²) in [4.78, 5) is 35.3. The number of hydrogen-bond donors (Lipinski definition) is 4. The highest BCUT2D eigenvalue weighted by molar-refractivity contribution is 5.95. The Morgan fingerprint density at radius 1 is 1.16 bits per heavy atom. The monoisotopic (exact) mass is 620 g/mol. The molecule has 4 rings (SSSR count). The maximum atomic E-state index is 12.5. The van der Waals surface area contributed by atoms with Crippen LogP contribution >= 0.6 is 0 Å². The molecule has 1 aliphatic heterocycles. The van der Waals surface area contributed by atoms with Crippen molar-refractivity contribution in [3.63, 3.8) is 0 Å². The number of methoxy groups -OCH3 is 1. The molecule has 2 amide bonds. The van der Waals surface area contributed by atoms with Gasteiger partial charge in [-0.05, 0) is 70.0 Å². The molecule has 0 spiro atoms. The van der Waals surface area contributed by atoms with E-state index in [1.165, 1.54) is 19.2 Å². The number of nitrogens with one attached hydrogen (secondary N) is 3. The molecule has 0 bridgehead atoms. The summed E-state index contributed by atoms with van der Waals surface area (Å²) in [6.45, 7) is 9.23. The molecule has 3 aromatic rings. The number of aryl methyl sites for hydroxylation is 2. The molecule has 0 aliphatic carbocycles. The number of hydrogen-bond acceptors (Lipinski definition) is 10. The third-order valence-corrected chi connectivity index (χ3v) is 7.20. The van der Waals surface area contributed by atoms with Crippen molar-refractivity contribution < 1.29 is 33.8 Å². The second-order valence-corrected chi connectivity index (χ2v) is 10.3. The van der Waals surface area contributed by atoms with Crippen LogP contribution in [-0.2, 0) is 9.53 Å². The number of benzene rings is 2. The van der Waals surface area contributed by atoms with Crippen molar-refractivity contribution in [2.75, 3.05) is 20.3 Å². The van der Waals surface area contributed by atoms with E-state index in [0.717, 1.165) is 28.2 Å². The van der Waals surface area contributed by atoms with Crippen LogP contribution in [-0.4, -0.2) is 59.4 Å². The minimum atomic E-state index is -1.17. The first-order chi connectivity index (χ1) is 21.4. The molecule has 0 saturated heterocycles. The SMILES string of the molecule is CCOc1cc([C@H]2NC(=O)NC(C)=C2C(=O)OC)ccc1OC[C@H](O)N/N=C\c1cc(C)n(-c2ccc([N+](=O)[O-])cc2C)c1C.